The number of methoxy groups -OCH3 is 1. The van der Waals surface area contributed by atoms with Gasteiger partial charge in [-0.2, -0.15) is 0 Å². The number of carbonyl (C=O) groups is 3. The van der Waals surface area contributed by atoms with Crippen LogP contribution in [-0.4, -0.2) is 58.0 Å². The number of nitrogens with zero attached hydrogens (tertiary/aromatic N) is 2. The normalized spacial score (nSPS) is 22.7. The first-order valence-corrected chi connectivity index (χ1v) is 11.3. The molecule has 0 aliphatic carbocycles. The van der Waals surface area contributed by atoms with Gasteiger partial charge < -0.3 is 14.4 Å². The molecular formula is C20H21N3O5S2. The number of fused-ring (bicyclic) bond motifs is 1. The van der Waals surface area contributed by atoms with Crippen LogP contribution < -0.4 is 10.1 Å². The van der Waals surface area contributed by atoms with Crippen LogP contribution in [0, 0.1) is 0 Å². The Morgan fingerprint density at radius 1 is 1.33 bits per heavy atom. The number of thiazole rings is 1. The molecule has 0 saturated carbocycles. The second-order valence-corrected chi connectivity index (χ2v) is 9.55. The van der Waals surface area contributed by atoms with Crippen molar-refractivity contribution in [2.24, 2.45) is 0 Å². The Bertz CT molecular complexity index is 977. The zero-order chi connectivity index (χ0) is 21.3. The minimum atomic E-state index is -0.635. The van der Waals surface area contributed by atoms with Crippen LogP contribution in [0.5, 0.6) is 5.75 Å². The third-order valence-electron chi connectivity index (χ3n) is 5.20. The van der Waals surface area contributed by atoms with Gasteiger partial charge in [0.05, 0.1) is 17.7 Å². The summed E-state index contributed by atoms with van der Waals surface area (Å²) in [4.78, 5) is 42.4. The number of carbonyl (C=O) groups excluding carboxylic acids is 3. The van der Waals surface area contributed by atoms with Gasteiger partial charge >= 0.3 is 5.97 Å². The van der Waals surface area contributed by atoms with Gasteiger partial charge in [-0.3, -0.25) is 14.9 Å². The number of esters is 1. The molecule has 1 aromatic heterocycles. The van der Waals surface area contributed by atoms with Crippen molar-refractivity contribution in [2.75, 3.05) is 24.8 Å². The number of rotatable bonds is 6. The van der Waals surface area contributed by atoms with Crippen molar-refractivity contribution in [3.05, 3.63) is 29.6 Å². The zero-order valence-corrected chi connectivity index (χ0v) is 18.2. The Balaban J connectivity index is 1.30. The fourth-order valence-corrected chi connectivity index (χ4v) is 5.76. The maximum atomic E-state index is 12.4. The molecule has 8 nitrogen and oxygen atoms in total. The Morgan fingerprint density at radius 2 is 2.10 bits per heavy atom. The van der Waals surface area contributed by atoms with Gasteiger partial charge in [0.2, 0.25) is 5.91 Å². The van der Waals surface area contributed by atoms with Gasteiger partial charge in [0.15, 0.2) is 11.7 Å². The van der Waals surface area contributed by atoms with Crippen LogP contribution in [0.25, 0.3) is 11.3 Å². The quantitative estimate of drug-likeness (QED) is 0.680. The number of hydrogen-bond acceptors (Lipinski definition) is 8. The molecule has 0 spiro atoms. The van der Waals surface area contributed by atoms with Crippen molar-refractivity contribution in [2.45, 2.75) is 30.7 Å². The van der Waals surface area contributed by atoms with E-state index in [-0.39, 0.29) is 10.8 Å². The van der Waals surface area contributed by atoms with Crippen LogP contribution in [0.4, 0.5) is 5.13 Å². The van der Waals surface area contributed by atoms with Gasteiger partial charge in [-0.1, -0.05) is 0 Å². The monoisotopic (exact) mass is 447 g/mol. The Labute approximate surface area is 181 Å². The van der Waals surface area contributed by atoms with E-state index < -0.39 is 24.5 Å². The fraction of sp³-hybridized carbons (Fsp3) is 0.400. The average molecular weight is 448 g/mol. The largest absolute Gasteiger partial charge is 0.497 e. The number of thioether (sulfide) groups is 1. The standard InChI is InChI=1S/C20H21N3O5S2/c1-20-8-7-17(25)23(20)15(11-30-20)18(26)28-9-16(24)22-19-21-14(10-29-19)12-3-5-13(27-2)6-4-12/h3-6,10,15H,7-9,11H2,1-2H3,(H,21,22,24)/t15-,20+/m1/s1. The summed E-state index contributed by atoms with van der Waals surface area (Å²) in [5, 5.41) is 4.89. The van der Waals surface area contributed by atoms with Crippen molar-refractivity contribution in [1.82, 2.24) is 9.88 Å². The fourth-order valence-electron chi connectivity index (χ4n) is 3.61. The number of ether oxygens (including phenoxy) is 2. The first-order chi connectivity index (χ1) is 14.4. The Kier molecular flexibility index (Phi) is 5.70. The minimum Gasteiger partial charge on any atom is -0.497 e. The second-order valence-electron chi connectivity index (χ2n) is 7.19. The van der Waals surface area contributed by atoms with Crippen molar-refractivity contribution in [1.29, 1.82) is 0 Å². The molecule has 30 heavy (non-hydrogen) atoms. The van der Waals surface area contributed by atoms with E-state index in [0.29, 0.717) is 17.3 Å². The molecule has 2 atom stereocenters. The van der Waals surface area contributed by atoms with Crippen molar-refractivity contribution >= 4 is 46.0 Å². The van der Waals surface area contributed by atoms with E-state index in [1.165, 1.54) is 11.3 Å². The maximum absolute atomic E-state index is 12.4. The summed E-state index contributed by atoms with van der Waals surface area (Å²) in [5.74, 6) is 0.180. The lowest BCUT2D eigenvalue weighted by Gasteiger charge is -2.29. The second kappa shape index (κ2) is 8.27. The first kappa shape index (κ1) is 20.7. The summed E-state index contributed by atoms with van der Waals surface area (Å²) in [7, 11) is 1.60. The summed E-state index contributed by atoms with van der Waals surface area (Å²) in [6, 6.07) is 6.81. The number of nitrogens with one attached hydrogen (secondary N) is 1. The SMILES string of the molecule is COc1ccc(-c2csc(NC(=O)COC(=O)[C@H]3CS[C@@]4(C)CCC(=O)N34)n2)cc1. The lowest BCUT2D eigenvalue weighted by molar-refractivity contribution is -0.155. The molecule has 1 N–H and O–H groups in total. The van der Waals surface area contributed by atoms with Crippen LogP contribution in [0.1, 0.15) is 19.8 Å². The van der Waals surface area contributed by atoms with Gasteiger partial charge in [0.25, 0.3) is 5.91 Å². The van der Waals surface area contributed by atoms with Crippen molar-refractivity contribution in [3.8, 4) is 17.0 Å². The van der Waals surface area contributed by atoms with E-state index in [0.717, 1.165) is 23.4 Å². The first-order valence-electron chi connectivity index (χ1n) is 9.42. The Hall–Kier alpha value is -2.59. The van der Waals surface area contributed by atoms with Gasteiger partial charge in [0.1, 0.15) is 11.8 Å². The lowest BCUT2D eigenvalue weighted by atomic mass is 10.2. The highest BCUT2D eigenvalue weighted by Gasteiger charge is 2.53. The summed E-state index contributed by atoms with van der Waals surface area (Å²) in [6.45, 7) is 1.54. The number of anilines is 1. The minimum absolute atomic E-state index is 0.0391. The molecule has 2 aliphatic heterocycles. The van der Waals surface area contributed by atoms with Crippen molar-refractivity contribution < 1.29 is 23.9 Å². The highest BCUT2D eigenvalue weighted by Crippen LogP contribution is 2.47. The number of benzene rings is 1. The van der Waals surface area contributed by atoms with E-state index in [4.69, 9.17) is 9.47 Å². The summed E-state index contributed by atoms with van der Waals surface area (Å²) < 4.78 is 10.3. The van der Waals surface area contributed by atoms with E-state index >= 15 is 0 Å². The summed E-state index contributed by atoms with van der Waals surface area (Å²) in [5.41, 5.74) is 1.63. The third-order valence-corrected chi connectivity index (χ3v) is 7.46. The molecule has 2 saturated heterocycles. The molecule has 1 aromatic carbocycles. The van der Waals surface area contributed by atoms with Crippen LogP contribution in [-0.2, 0) is 19.1 Å². The molecule has 3 heterocycles. The zero-order valence-electron chi connectivity index (χ0n) is 16.5. The van der Waals surface area contributed by atoms with Crippen molar-refractivity contribution in [3.63, 3.8) is 0 Å². The van der Waals surface area contributed by atoms with Crippen LogP contribution in [0.15, 0.2) is 29.6 Å². The Morgan fingerprint density at radius 3 is 2.83 bits per heavy atom. The molecule has 2 aliphatic rings. The number of amides is 2. The van der Waals surface area contributed by atoms with Gasteiger partial charge in [-0.05, 0) is 37.6 Å². The van der Waals surface area contributed by atoms with Crippen LogP contribution >= 0.6 is 23.1 Å². The predicted molar refractivity (Wildman–Crippen MR) is 114 cm³/mol. The smallest absolute Gasteiger partial charge is 0.330 e. The summed E-state index contributed by atoms with van der Waals surface area (Å²) >= 11 is 2.87. The van der Waals surface area contributed by atoms with E-state index in [9.17, 15) is 14.4 Å². The molecule has 0 bridgehead atoms. The molecule has 0 radical (unpaired) electrons. The van der Waals surface area contributed by atoms with Gasteiger partial charge in [-0.25, -0.2) is 9.78 Å². The number of hydrogen-bond donors (Lipinski definition) is 1. The molecular weight excluding hydrogens is 426 g/mol. The highest BCUT2D eigenvalue weighted by molar-refractivity contribution is 8.01. The average Bonchev–Trinajstić information content (AvgIpc) is 3.42. The topological polar surface area (TPSA) is 97.8 Å². The van der Waals surface area contributed by atoms with Crippen LogP contribution in [0.2, 0.25) is 0 Å². The summed E-state index contributed by atoms with van der Waals surface area (Å²) in [6.07, 6.45) is 1.16. The van der Waals surface area contributed by atoms with E-state index in [2.05, 4.69) is 10.3 Å². The predicted octanol–water partition coefficient (Wildman–Crippen LogP) is 2.75. The van der Waals surface area contributed by atoms with Gasteiger partial charge in [-0.15, -0.1) is 23.1 Å². The van der Waals surface area contributed by atoms with E-state index in [1.54, 1.807) is 23.8 Å². The molecule has 0 unspecified atom stereocenters. The van der Waals surface area contributed by atoms with E-state index in [1.807, 2.05) is 36.6 Å². The molecule has 4 rings (SSSR count). The highest BCUT2D eigenvalue weighted by atomic mass is 32.2. The molecule has 10 heteroatoms. The lowest BCUT2D eigenvalue weighted by Crippen LogP contribution is -2.47. The van der Waals surface area contributed by atoms with Gasteiger partial charge in [0, 0.05) is 23.1 Å². The molecule has 2 aromatic rings. The third kappa shape index (κ3) is 4.01. The molecule has 2 amide bonds. The van der Waals surface area contributed by atoms with Crippen LogP contribution in [0.3, 0.4) is 0 Å². The number of aromatic nitrogens is 1. The maximum Gasteiger partial charge on any atom is 0.330 e. The molecule has 2 fully saturated rings. The molecule has 158 valence electrons.